The highest BCUT2D eigenvalue weighted by atomic mass is 32.1. The Kier molecular flexibility index (Phi) is 4.88. The van der Waals surface area contributed by atoms with Gasteiger partial charge in [0.05, 0.1) is 6.10 Å². The molecule has 21 heavy (non-hydrogen) atoms. The summed E-state index contributed by atoms with van der Waals surface area (Å²) in [5, 5.41) is 10.00. The van der Waals surface area contributed by atoms with Gasteiger partial charge in [0, 0.05) is 18.0 Å². The SMILES string of the molecule is CC(C)(C)OC(=O)N1CCC(C(O)c2ccc(F)s2)CC1. The molecule has 0 saturated carbocycles. The van der Waals surface area contributed by atoms with Crippen molar-refractivity contribution < 1.29 is 19.0 Å². The molecule has 0 bridgehead atoms. The van der Waals surface area contributed by atoms with E-state index in [2.05, 4.69) is 0 Å². The van der Waals surface area contributed by atoms with Crippen molar-refractivity contribution in [3.05, 3.63) is 22.1 Å². The van der Waals surface area contributed by atoms with Crippen LogP contribution in [0.5, 0.6) is 0 Å². The quantitative estimate of drug-likeness (QED) is 0.907. The summed E-state index contributed by atoms with van der Waals surface area (Å²) in [4.78, 5) is 14.3. The zero-order chi connectivity index (χ0) is 15.6. The van der Waals surface area contributed by atoms with E-state index in [0.717, 1.165) is 11.3 Å². The number of aliphatic hydroxyl groups excluding tert-OH is 1. The van der Waals surface area contributed by atoms with Crippen molar-refractivity contribution in [2.75, 3.05) is 13.1 Å². The first-order valence-corrected chi connectivity index (χ1v) is 7.99. The molecule has 1 aromatic rings. The minimum absolute atomic E-state index is 0.0572. The summed E-state index contributed by atoms with van der Waals surface area (Å²) in [5.41, 5.74) is -0.498. The largest absolute Gasteiger partial charge is 0.444 e. The first-order valence-electron chi connectivity index (χ1n) is 7.17. The number of amides is 1. The van der Waals surface area contributed by atoms with E-state index in [0.29, 0.717) is 30.8 Å². The van der Waals surface area contributed by atoms with Gasteiger partial charge < -0.3 is 14.7 Å². The van der Waals surface area contributed by atoms with Crippen LogP contribution in [0, 0.1) is 11.0 Å². The van der Waals surface area contributed by atoms with Gasteiger partial charge in [0.15, 0.2) is 5.13 Å². The number of thiophene rings is 1. The van der Waals surface area contributed by atoms with Crippen LogP contribution >= 0.6 is 11.3 Å². The summed E-state index contributed by atoms with van der Waals surface area (Å²) in [6, 6.07) is 3.00. The Hall–Kier alpha value is -1.14. The van der Waals surface area contributed by atoms with Crippen LogP contribution in [0.25, 0.3) is 0 Å². The smallest absolute Gasteiger partial charge is 0.410 e. The second kappa shape index (κ2) is 6.32. The molecule has 0 aromatic carbocycles. The van der Waals surface area contributed by atoms with E-state index in [9.17, 15) is 14.3 Å². The van der Waals surface area contributed by atoms with Gasteiger partial charge in [0.2, 0.25) is 0 Å². The van der Waals surface area contributed by atoms with E-state index in [1.165, 1.54) is 6.07 Å². The Labute approximate surface area is 128 Å². The van der Waals surface area contributed by atoms with Gasteiger partial charge in [0.1, 0.15) is 5.60 Å². The molecule has 1 aromatic heterocycles. The van der Waals surface area contributed by atoms with Crippen LogP contribution in [0.4, 0.5) is 9.18 Å². The van der Waals surface area contributed by atoms with Gasteiger partial charge in [-0.05, 0) is 51.7 Å². The molecule has 1 aliphatic rings. The number of carbonyl (C=O) groups is 1. The monoisotopic (exact) mass is 315 g/mol. The lowest BCUT2D eigenvalue weighted by Crippen LogP contribution is -2.42. The normalized spacial score (nSPS) is 18.6. The Morgan fingerprint density at radius 2 is 2.05 bits per heavy atom. The Morgan fingerprint density at radius 3 is 2.52 bits per heavy atom. The van der Waals surface area contributed by atoms with Gasteiger partial charge >= 0.3 is 6.09 Å². The molecule has 0 spiro atoms. The highest BCUT2D eigenvalue weighted by Crippen LogP contribution is 2.34. The molecule has 1 saturated heterocycles. The summed E-state index contributed by atoms with van der Waals surface area (Å²) in [7, 11) is 0. The molecule has 2 heterocycles. The predicted octanol–water partition coefficient (Wildman–Crippen LogP) is 3.57. The van der Waals surface area contributed by atoms with Gasteiger partial charge in [-0.3, -0.25) is 0 Å². The Balaban J connectivity index is 1.87. The molecular formula is C15H22FNO3S. The average molecular weight is 315 g/mol. The van der Waals surface area contributed by atoms with Crippen LogP contribution in [0.3, 0.4) is 0 Å². The molecule has 1 unspecified atom stereocenters. The van der Waals surface area contributed by atoms with E-state index in [-0.39, 0.29) is 17.1 Å². The number of nitrogens with zero attached hydrogens (tertiary/aromatic N) is 1. The highest BCUT2D eigenvalue weighted by molar-refractivity contribution is 7.10. The highest BCUT2D eigenvalue weighted by Gasteiger charge is 2.31. The molecule has 1 aliphatic heterocycles. The molecule has 0 radical (unpaired) electrons. The topological polar surface area (TPSA) is 49.8 Å². The van der Waals surface area contributed by atoms with Crippen LogP contribution in [0.2, 0.25) is 0 Å². The number of piperidine rings is 1. The number of carbonyl (C=O) groups excluding carboxylic acids is 1. The predicted molar refractivity (Wildman–Crippen MR) is 79.8 cm³/mol. The standard InChI is InChI=1S/C15H22FNO3S/c1-15(2,3)20-14(19)17-8-6-10(7-9-17)13(18)11-4-5-12(16)21-11/h4-5,10,13,18H,6-9H2,1-3H3. The fourth-order valence-corrected chi connectivity index (χ4v) is 3.25. The number of hydrogen-bond donors (Lipinski definition) is 1. The zero-order valence-electron chi connectivity index (χ0n) is 12.6. The molecule has 0 aliphatic carbocycles. The Morgan fingerprint density at radius 1 is 1.43 bits per heavy atom. The maximum absolute atomic E-state index is 13.0. The molecule has 4 nitrogen and oxygen atoms in total. The van der Waals surface area contributed by atoms with Crippen LogP contribution < -0.4 is 0 Å². The van der Waals surface area contributed by atoms with Crippen LogP contribution in [0.1, 0.15) is 44.6 Å². The third-order valence-corrected chi connectivity index (χ3v) is 4.47. The summed E-state index contributed by atoms with van der Waals surface area (Å²) in [5.74, 6) is 0.0572. The van der Waals surface area contributed by atoms with Gasteiger partial charge in [-0.25, -0.2) is 4.79 Å². The zero-order valence-corrected chi connectivity index (χ0v) is 13.5. The van der Waals surface area contributed by atoms with E-state index in [1.807, 2.05) is 20.8 Å². The molecule has 118 valence electrons. The Bertz CT molecular complexity index is 489. The summed E-state index contributed by atoms with van der Waals surface area (Å²) >= 11 is 0.983. The van der Waals surface area contributed by atoms with Gasteiger partial charge in [0.25, 0.3) is 0 Å². The fraction of sp³-hybridized carbons (Fsp3) is 0.667. The molecule has 1 atom stereocenters. The molecular weight excluding hydrogens is 293 g/mol. The molecule has 1 amide bonds. The fourth-order valence-electron chi connectivity index (χ4n) is 2.44. The van der Waals surface area contributed by atoms with Crippen molar-refractivity contribution in [2.24, 2.45) is 5.92 Å². The minimum atomic E-state index is -0.653. The number of rotatable bonds is 2. The number of halogens is 1. The third kappa shape index (κ3) is 4.41. The van der Waals surface area contributed by atoms with Gasteiger partial charge in [-0.2, -0.15) is 4.39 Å². The van der Waals surface area contributed by atoms with Crippen molar-refractivity contribution in [1.29, 1.82) is 0 Å². The molecule has 2 rings (SSSR count). The minimum Gasteiger partial charge on any atom is -0.444 e. The lowest BCUT2D eigenvalue weighted by molar-refractivity contribution is 0.00809. The number of likely N-dealkylation sites (tertiary alicyclic amines) is 1. The van der Waals surface area contributed by atoms with Gasteiger partial charge in [-0.15, -0.1) is 11.3 Å². The molecule has 1 fully saturated rings. The van der Waals surface area contributed by atoms with Gasteiger partial charge in [-0.1, -0.05) is 0 Å². The van der Waals surface area contributed by atoms with E-state index in [1.54, 1.807) is 11.0 Å². The van der Waals surface area contributed by atoms with Crippen LogP contribution in [-0.2, 0) is 4.74 Å². The lowest BCUT2D eigenvalue weighted by atomic mass is 9.90. The van der Waals surface area contributed by atoms with Crippen molar-refractivity contribution in [2.45, 2.75) is 45.3 Å². The summed E-state index contributed by atoms with van der Waals surface area (Å²) in [6.45, 7) is 6.64. The first-order chi connectivity index (χ1) is 9.76. The van der Waals surface area contributed by atoms with Crippen molar-refractivity contribution in [3.63, 3.8) is 0 Å². The van der Waals surface area contributed by atoms with E-state index < -0.39 is 11.7 Å². The van der Waals surface area contributed by atoms with E-state index >= 15 is 0 Å². The van der Waals surface area contributed by atoms with Crippen LogP contribution in [0.15, 0.2) is 12.1 Å². The first kappa shape index (κ1) is 16.2. The second-order valence-corrected chi connectivity index (χ2v) is 7.46. The van der Waals surface area contributed by atoms with Crippen LogP contribution in [-0.4, -0.2) is 34.8 Å². The molecule has 1 N–H and O–H groups in total. The summed E-state index contributed by atoms with van der Waals surface area (Å²) < 4.78 is 18.4. The lowest BCUT2D eigenvalue weighted by Gasteiger charge is -2.34. The third-order valence-electron chi connectivity index (χ3n) is 3.52. The number of aliphatic hydroxyl groups is 1. The number of ether oxygens (including phenoxy) is 1. The van der Waals surface area contributed by atoms with E-state index in [4.69, 9.17) is 4.74 Å². The van der Waals surface area contributed by atoms with Crippen molar-refractivity contribution in [1.82, 2.24) is 4.90 Å². The van der Waals surface area contributed by atoms with Crippen molar-refractivity contribution >= 4 is 17.4 Å². The maximum Gasteiger partial charge on any atom is 0.410 e. The molecule has 6 heteroatoms. The number of hydrogen-bond acceptors (Lipinski definition) is 4. The second-order valence-electron chi connectivity index (χ2n) is 6.39. The maximum atomic E-state index is 13.0. The van der Waals surface area contributed by atoms with Crippen molar-refractivity contribution in [3.8, 4) is 0 Å². The average Bonchev–Trinajstić information content (AvgIpc) is 2.83. The summed E-state index contributed by atoms with van der Waals surface area (Å²) in [6.07, 6.45) is 0.428.